The fourth-order valence-corrected chi connectivity index (χ4v) is 3.23. The number of carbonyl (C=O) groups excluding carboxylic acids is 1. The Labute approximate surface area is 147 Å². The maximum Gasteiger partial charge on any atom is 0.247 e. The predicted octanol–water partition coefficient (Wildman–Crippen LogP) is 1.96. The summed E-state index contributed by atoms with van der Waals surface area (Å²) in [5.74, 6) is 0.459. The van der Waals surface area contributed by atoms with E-state index in [9.17, 15) is 9.90 Å². The normalized spacial score (nSPS) is 21.9. The van der Waals surface area contributed by atoms with Crippen molar-refractivity contribution in [3.8, 4) is 11.4 Å². The molecule has 1 amide bonds. The van der Waals surface area contributed by atoms with Gasteiger partial charge >= 0.3 is 0 Å². The predicted molar refractivity (Wildman–Crippen MR) is 93.5 cm³/mol. The molecule has 0 saturated heterocycles. The summed E-state index contributed by atoms with van der Waals surface area (Å²) in [6, 6.07) is 9.20. The Balaban J connectivity index is 1.73. The largest absolute Gasteiger partial charge is 0.393 e. The van der Waals surface area contributed by atoms with Crippen LogP contribution in [0.1, 0.15) is 45.6 Å². The lowest BCUT2D eigenvalue weighted by Gasteiger charge is -2.28. The average Bonchev–Trinajstić information content (AvgIpc) is 3.07. The van der Waals surface area contributed by atoms with Gasteiger partial charge in [0.25, 0.3) is 0 Å². The summed E-state index contributed by atoms with van der Waals surface area (Å²) in [4.78, 5) is 14.2. The summed E-state index contributed by atoms with van der Waals surface area (Å²) >= 11 is 0. The zero-order chi connectivity index (χ0) is 17.8. The van der Waals surface area contributed by atoms with E-state index in [4.69, 9.17) is 0 Å². The van der Waals surface area contributed by atoms with E-state index in [1.54, 1.807) is 0 Å². The third-order valence-corrected chi connectivity index (χ3v) is 4.65. The molecule has 1 aromatic carbocycles. The standard InChI is InChI=1S/C18H25N5O2/c1-12(2)16(18(25)19-14-8-10-15(24)11-9-14)23-21-17(20-22-23)13-6-4-3-5-7-13/h3-7,12,14-16,24H,8-11H2,1-2H3,(H,19,25). The topological polar surface area (TPSA) is 92.9 Å². The molecule has 2 aromatic rings. The molecule has 134 valence electrons. The first-order valence-corrected chi connectivity index (χ1v) is 8.88. The second-order valence-electron chi connectivity index (χ2n) is 7.00. The first-order chi connectivity index (χ1) is 12.0. The molecule has 7 heteroatoms. The molecule has 0 radical (unpaired) electrons. The molecule has 1 aromatic heterocycles. The second kappa shape index (κ2) is 7.74. The highest BCUT2D eigenvalue weighted by molar-refractivity contribution is 5.80. The van der Waals surface area contributed by atoms with Crippen molar-refractivity contribution in [1.82, 2.24) is 25.5 Å². The summed E-state index contributed by atoms with van der Waals surface area (Å²) in [5, 5.41) is 25.3. The van der Waals surface area contributed by atoms with Gasteiger partial charge in [-0.1, -0.05) is 44.2 Å². The highest BCUT2D eigenvalue weighted by Gasteiger charge is 2.30. The van der Waals surface area contributed by atoms with Crippen LogP contribution in [-0.2, 0) is 4.79 Å². The molecule has 1 unspecified atom stereocenters. The van der Waals surface area contributed by atoms with E-state index in [1.165, 1.54) is 4.80 Å². The first kappa shape index (κ1) is 17.5. The molecule has 1 saturated carbocycles. The van der Waals surface area contributed by atoms with Crippen LogP contribution in [0, 0.1) is 5.92 Å². The number of aliphatic hydroxyl groups excluding tert-OH is 1. The van der Waals surface area contributed by atoms with Gasteiger partial charge < -0.3 is 10.4 Å². The average molecular weight is 343 g/mol. The minimum Gasteiger partial charge on any atom is -0.393 e. The van der Waals surface area contributed by atoms with E-state index in [2.05, 4.69) is 20.7 Å². The lowest BCUT2D eigenvalue weighted by molar-refractivity contribution is -0.127. The van der Waals surface area contributed by atoms with Crippen LogP contribution in [0.4, 0.5) is 0 Å². The Morgan fingerprint density at radius 3 is 2.52 bits per heavy atom. The molecule has 3 rings (SSSR count). The number of carbonyl (C=O) groups is 1. The van der Waals surface area contributed by atoms with Gasteiger partial charge in [-0.05, 0) is 36.8 Å². The number of aliphatic hydroxyl groups is 1. The smallest absolute Gasteiger partial charge is 0.247 e. The minimum absolute atomic E-state index is 0.0343. The van der Waals surface area contributed by atoms with Crippen LogP contribution in [0.5, 0.6) is 0 Å². The van der Waals surface area contributed by atoms with Gasteiger partial charge in [0.2, 0.25) is 11.7 Å². The van der Waals surface area contributed by atoms with Gasteiger partial charge in [-0.25, -0.2) is 0 Å². The molecule has 0 bridgehead atoms. The van der Waals surface area contributed by atoms with E-state index in [1.807, 2.05) is 44.2 Å². The van der Waals surface area contributed by atoms with Crippen molar-refractivity contribution in [1.29, 1.82) is 0 Å². The summed E-state index contributed by atoms with van der Waals surface area (Å²) in [6.45, 7) is 3.95. The van der Waals surface area contributed by atoms with E-state index >= 15 is 0 Å². The number of benzene rings is 1. The van der Waals surface area contributed by atoms with Gasteiger partial charge in [0.1, 0.15) is 0 Å². The molecule has 0 aliphatic heterocycles. The minimum atomic E-state index is -0.503. The SMILES string of the molecule is CC(C)C(C(=O)NC1CCC(O)CC1)n1nnc(-c2ccccc2)n1. The highest BCUT2D eigenvalue weighted by atomic mass is 16.3. The van der Waals surface area contributed by atoms with Crippen LogP contribution in [0.3, 0.4) is 0 Å². The summed E-state index contributed by atoms with van der Waals surface area (Å²) in [5.41, 5.74) is 0.873. The van der Waals surface area contributed by atoms with Gasteiger partial charge in [-0.3, -0.25) is 4.79 Å². The Hall–Kier alpha value is -2.28. The maximum absolute atomic E-state index is 12.8. The van der Waals surface area contributed by atoms with E-state index in [0.29, 0.717) is 5.82 Å². The van der Waals surface area contributed by atoms with Gasteiger partial charge in [0.05, 0.1) is 6.10 Å². The monoisotopic (exact) mass is 343 g/mol. The Morgan fingerprint density at radius 2 is 1.88 bits per heavy atom. The number of hydrogen-bond acceptors (Lipinski definition) is 5. The number of amides is 1. The number of tetrazole rings is 1. The molecular formula is C18H25N5O2. The van der Waals surface area contributed by atoms with Crippen LogP contribution in [0.25, 0.3) is 11.4 Å². The van der Waals surface area contributed by atoms with Crippen molar-refractivity contribution < 1.29 is 9.90 Å². The van der Waals surface area contributed by atoms with Crippen molar-refractivity contribution in [2.45, 2.75) is 57.7 Å². The molecule has 1 heterocycles. The van der Waals surface area contributed by atoms with Crippen molar-refractivity contribution in [2.75, 3.05) is 0 Å². The van der Waals surface area contributed by atoms with E-state index in [0.717, 1.165) is 31.2 Å². The molecule has 7 nitrogen and oxygen atoms in total. The Bertz CT molecular complexity index is 693. The molecule has 1 atom stereocenters. The fourth-order valence-electron chi connectivity index (χ4n) is 3.23. The number of rotatable bonds is 5. The molecule has 1 aliphatic rings. The van der Waals surface area contributed by atoms with Crippen molar-refractivity contribution >= 4 is 5.91 Å². The van der Waals surface area contributed by atoms with Crippen LogP contribution in [-0.4, -0.2) is 43.4 Å². The number of aromatic nitrogens is 4. The molecule has 0 spiro atoms. The second-order valence-corrected chi connectivity index (χ2v) is 7.00. The lowest BCUT2D eigenvalue weighted by Crippen LogP contribution is -2.44. The van der Waals surface area contributed by atoms with Crippen LogP contribution < -0.4 is 5.32 Å². The number of nitrogens with one attached hydrogen (secondary N) is 1. The van der Waals surface area contributed by atoms with Crippen molar-refractivity contribution in [3.05, 3.63) is 30.3 Å². The summed E-state index contributed by atoms with van der Waals surface area (Å²) < 4.78 is 0. The zero-order valence-corrected chi connectivity index (χ0v) is 14.7. The fraction of sp³-hybridized carbons (Fsp3) is 0.556. The van der Waals surface area contributed by atoms with Crippen molar-refractivity contribution in [3.63, 3.8) is 0 Å². The third kappa shape index (κ3) is 4.22. The molecule has 25 heavy (non-hydrogen) atoms. The van der Waals surface area contributed by atoms with Crippen molar-refractivity contribution in [2.24, 2.45) is 5.92 Å². The van der Waals surface area contributed by atoms with Crippen LogP contribution in [0.15, 0.2) is 30.3 Å². The van der Waals surface area contributed by atoms with Crippen LogP contribution in [0.2, 0.25) is 0 Å². The van der Waals surface area contributed by atoms with E-state index in [-0.39, 0.29) is 24.0 Å². The Morgan fingerprint density at radius 1 is 1.20 bits per heavy atom. The number of hydrogen-bond donors (Lipinski definition) is 2. The zero-order valence-electron chi connectivity index (χ0n) is 14.7. The van der Waals surface area contributed by atoms with Gasteiger partial charge in [0, 0.05) is 11.6 Å². The first-order valence-electron chi connectivity index (χ1n) is 8.88. The maximum atomic E-state index is 12.8. The highest BCUT2D eigenvalue weighted by Crippen LogP contribution is 2.22. The van der Waals surface area contributed by atoms with Gasteiger partial charge in [-0.2, -0.15) is 4.80 Å². The number of nitrogens with zero attached hydrogens (tertiary/aromatic N) is 4. The quantitative estimate of drug-likeness (QED) is 0.866. The van der Waals surface area contributed by atoms with Gasteiger partial charge in [0.15, 0.2) is 6.04 Å². The molecule has 1 fully saturated rings. The Kier molecular flexibility index (Phi) is 5.43. The summed E-state index contributed by atoms with van der Waals surface area (Å²) in [6.07, 6.45) is 2.84. The summed E-state index contributed by atoms with van der Waals surface area (Å²) in [7, 11) is 0. The lowest BCUT2D eigenvalue weighted by atomic mass is 9.92. The van der Waals surface area contributed by atoms with Gasteiger partial charge in [-0.15, -0.1) is 10.2 Å². The molecule has 2 N–H and O–H groups in total. The molecular weight excluding hydrogens is 318 g/mol. The van der Waals surface area contributed by atoms with E-state index < -0.39 is 6.04 Å². The van der Waals surface area contributed by atoms with Crippen LogP contribution >= 0.6 is 0 Å². The molecule has 1 aliphatic carbocycles. The third-order valence-electron chi connectivity index (χ3n) is 4.65.